The molecule has 1 aliphatic rings. The molecule has 2 rings (SSSR count). The Morgan fingerprint density at radius 1 is 1.14 bits per heavy atom. The molecule has 0 aliphatic carbocycles. The summed E-state index contributed by atoms with van der Waals surface area (Å²) < 4.78 is 10.9. The topological polar surface area (TPSA) is 68.7 Å². The normalized spacial score (nSPS) is 18.9. The van der Waals surface area contributed by atoms with Crippen molar-refractivity contribution in [3.05, 3.63) is 29.6 Å². The van der Waals surface area contributed by atoms with Gasteiger partial charge in [-0.05, 0) is 84.3 Å². The van der Waals surface area contributed by atoms with Crippen molar-refractivity contribution in [1.82, 2.24) is 9.88 Å². The molecule has 1 saturated heterocycles. The molecule has 0 spiro atoms. The van der Waals surface area contributed by atoms with Crippen LogP contribution in [-0.2, 0) is 15.9 Å². The van der Waals surface area contributed by atoms with Crippen LogP contribution in [0, 0.1) is 11.8 Å². The number of carbonyl (C=O) groups is 2. The number of amides is 1. The molecule has 2 atom stereocenters. The largest absolute Gasteiger partial charge is 0.455 e. The molecule has 1 aliphatic heterocycles. The van der Waals surface area contributed by atoms with Crippen LogP contribution in [0.4, 0.5) is 4.79 Å². The summed E-state index contributed by atoms with van der Waals surface area (Å²) in [6.07, 6.45) is 4.48. The van der Waals surface area contributed by atoms with Gasteiger partial charge in [-0.3, -0.25) is 0 Å². The number of carbonyl (C=O) groups excluding carboxylic acids is 2. The Kier molecular flexibility index (Phi) is 7.30. The zero-order valence-electron chi connectivity index (χ0n) is 18.9. The summed E-state index contributed by atoms with van der Waals surface area (Å²) in [4.78, 5) is 30.6. The molecular weight excluding hydrogens is 368 g/mol. The molecule has 6 nitrogen and oxygen atoms in total. The van der Waals surface area contributed by atoms with Crippen LogP contribution in [0.5, 0.6) is 0 Å². The van der Waals surface area contributed by atoms with E-state index in [0.29, 0.717) is 17.5 Å². The van der Waals surface area contributed by atoms with E-state index < -0.39 is 17.2 Å². The smallest absolute Gasteiger partial charge is 0.410 e. The van der Waals surface area contributed by atoms with Gasteiger partial charge in [-0.2, -0.15) is 0 Å². The fourth-order valence-corrected chi connectivity index (χ4v) is 3.50. The highest BCUT2D eigenvalue weighted by Crippen LogP contribution is 2.27. The van der Waals surface area contributed by atoms with Gasteiger partial charge in [0, 0.05) is 19.3 Å². The molecule has 0 aromatic carbocycles. The number of rotatable bonds is 4. The summed E-state index contributed by atoms with van der Waals surface area (Å²) in [5.41, 5.74) is 0.397. The van der Waals surface area contributed by atoms with Crippen LogP contribution in [0.3, 0.4) is 0 Å². The lowest BCUT2D eigenvalue weighted by Crippen LogP contribution is -2.44. The molecular formula is C23H36N2O4. The minimum Gasteiger partial charge on any atom is -0.455 e. The molecule has 1 amide bonds. The van der Waals surface area contributed by atoms with E-state index >= 15 is 0 Å². The molecule has 2 heterocycles. The molecule has 6 heteroatoms. The first-order valence-corrected chi connectivity index (χ1v) is 10.5. The van der Waals surface area contributed by atoms with Crippen molar-refractivity contribution in [2.24, 2.45) is 11.8 Å². The lowest BCUT2D eigenvalue weighted by atomic mass is 9.83. The highest BCUT2D eigenvalue weighted by molar-refractivity contribution is 5.87. The molecule has 1 aromatic rings. The second-order valence-electron chi connectivity index (χ2n) is 10.1. The van der Waals surface area contributed by atoms with E-state index in [1.54, 1.807) is 12.3 Å². The number of nitrogens with zero attached hydrogens (tertiary/aromatic N) is 2. The summed E-state index contributed by atoms with van der Waals surface area (Å²) in [6, 6.07) is 3.67. The van der Waals surface area contributed by atoms with E-state index in [1.807, 2.05) is 52.5 Å². The van der Waals surface area contributed by atoms with Crippen molar-refractivity contribution in [2.75, 3.05) is 13.1 Å². The number of ether oxygens (including phenoxy) is 2. The third-order valence-electron chi connectivity index (χ3n) is 4.90. The summed E-state index contributed by atoms with van der Waals surface area (Å²) in [5.74, 6) is 0.411. The average molecular weight is 405 g/mol. The van der Waals surface area contributed by atoms with Gasteiger partial charge in [0.25, 0.3) is 0 Å². The van der Waals surface area contributed by atoms with Crippen molar-refractivity contribution in [3.8, 4) is 0 Å². The van der Waals surface area contributed by atoms with E-state index in [0.717, 1.165) is 37.9 Å². The number of hydrogen-bond donors (Lipinski definition) is 0. The van der Waals surface area contributed by atoms with Gasteiger partial charge in [-0.15, -0.1) is 0 Å². The molecule has 0 saturated carbocycles. The highest BCUT2D eigenvalue weighted by atomic mass is 16.6. The lowest BCUT2D eigenvalue weighted by molar-refractivity contribution is 0.00615. The Morgan fingerprint density at radius 3 is 2.34 bits per heavy atom. The predicted octanol–water partition coefficient (Wildman–Crippen LogP) is 4.86. The zero-order valence-corrected chi connectivity index (χ0v) is 18.9. The molecule has 1 unspecified atom stereocenters. The molecule has 0 radical (unpaired) electrons. The zero-order chi connectivity index (χ0) is 21.8. The van der Waals surface area contributed by atoms with Gasteiger partial charge in [-0.1, -0.05) is 13.0 Å². The Morgan fingerprint density at radius 2 is 1.79 bits per heavy atom. The minimum absolute atomic E-state index is 0.224. The summed E-state index contributed by atoms with van der Waals surface area (Å²) in [6.45, 7) is 14.9. The fourth-order valence-electron chi connectivity index (χ4n) is 3.50. The van der Waals surface area contributed by atoms with Crippen LogP contribution in [0.25, 0.3) is 0 Å². The van der Waals surface area contributed by atoms with Gasteiger partial charge in [-0.25, -0.2) is 14.6 Å². The van der Waals surface area contributed by atoms with E-state index in [4.69, 9.17) is 9.47 Å². The Bertz CT molecular complexity index is 701. The average Bonchev–Trinajstić information content (AvgIpc) is 2.59. The number of aromatic nitrogens is 1. The minimum atomic E-state index is -0.535. The van der Waals surface area contributed by atoms with Gasteiger partial charge in [0.1, 0.15) is 16.9 Å². The molecule has 29 heavy (non-hydrogen) atoms. The van der Waals surface area contributed by atoms with E-state index in [-0.39, 0.29) is 6.09 Å². The van der Waals surface area contributed by atoms with Crippen LogP contribution < -0.4 is 0 Å². The fraction of sp³-hybridized carbons (Fsp3) is 0.696. The Labute approximate surface area is 175 Å². The molecule has 0 N–H and O–H groups in total. The van der Waals surface area contributed by atoms with E-state index in [1.165, 1.54) is 0 Å². The number of esters is 1. The Hall–Kier alpha value is -2.11. The van der Waals surface area contributed by atoms with Gasteiger partial charge in [0.2, 0.25) is 0 Å². The third kappa shape index (κ3) is 7.67. The second-order valence-corrected chi connectivity index (χ2v) is 10.1. The van der Waals surface area contributed by atoms with Crippen molar-refractivity contribution >= 4 is 12.1 Å². The van der Waals surface area contributed by atoms with E-state index in [2.05, 4.69) is 11.9 Å². The quantitative estimate of drug-likeness (QED) is 0.670. The van der Waals surface area contributed by atoms with Crippen LogP contribution in [-0.4, -0.2) is 46.2 Å². The first-order chi connectivity index (χ1) is 13.3. The van der Waals surface area contributed by atoms with Gasteiger partial charge in [0.15, 0.2) is 0 Å². The predicted molar refractivity (Wildman–Crippen MR) is 113 cm³/mol. The van der Waals surface area contributed by atoms with Crippen molar-refractivity contribution in [1.29, 1.82) is 0 Å². The number of piperidine rings is 1. The van der Waals surface area contributed by atoms with Crippen LogP contribution in [0.15, 0.2) is 18.3 Å². The number of hydrogen-bond acceptors (Lipinski definition) is 5. The van der Waals surface area contributed by atoms with Gasteiger partial charge in [0.05, 0.1) is 0 Å². The second kappa shape index (κ2) is 9.14. The van der Waals surface area contributed by atoms with Crippen molar-refractivity contribution in [2.45, 2.75) is 78.9 Å². The van der Waals surface area contributed by atoms with Crippen molar-refractivity contribution < 1.29 is 19.1 Å². The van der Waals surface area contributed by atoms with Gasteiger partial charge < -0.3 is 14.4 Å². The monoisotopic (exact) mass is 404 g/mol. The van der Waals surface area contributed by atoms with Crippen LogP contribution in [0.1, 0.15) is 77.4 Å². The third-order valence-corrected chi connectivity index (χ3v) is 4.90. The molecule has 1 fully saturated rings. The lowest BCUT2D eigenvalue weighted by Gasteiger charge is -2.36. The summed E-state index contributed by atoms with van der Waals surface area (Å²) in [5, 5.41) is 0. The Balaban J connectivity index is 1.93. The number of pyridine rings is 1. The highest BCUT2D eigenvalue weighted by Gasteiger charge is 2.30. The first-order valence-electron chi connectivity index (χ1n) is 10.5. The van der Waals surface area contributed by atoms with Gasteiger partial charge >= 0.3 is 12.1 Å². The van der Waals surface area contributed by atoms with Crippen molar-refractivity contribution in [3.63, 3.8) is 0 Å². The maximum Gasteiger partial charge on any atom is 0.410 e. The molecule has 162 valence electrons. The molecule has 1 aromatic heterocycles. The van der Waals surface area contributed by atoms with Crippen LogP contribution >= 0.6 is 0 Å². The standard InChI is InChI=1S/C23H36N2O4/c1-16(18-9-8-12-25(15-18)21(27)29-23(5,6)7)13-17-10-11-19(24-14-17)20(26)28-22(2,3)4/h10-11,14,16,18H,8-9,12-13,15H2,1-7H3/t16?,18-/m1/s1. The SMILES string of the molecule is CC(Cc1ccc(C(=O)OC(C)(C)C)nc1)[C@@H]1CCCN(C(=O)OC(C)(C)C)C1. The summed E-state index contributed by atoms with van der Waals surface area (Å²) in [7, 11) is 0. The van der Waals surface area contributed by atoms with E-state index in [9.17, 15) is 9.59 Å². The molecule has 0 bridgehead atoms. The number of likely N-dealkylation sites (tertiary alicyclic amines) is 1. The maximum absolute atomic E-state index is 12.4. The summed E-state index contributed by atoms with van der Waals surface area (Å²) >= 11 is 0. The maximum atomic E-state index is 12.4. The first kappa shape index (κ1) is 23.2. The van der Waals surface area contributed by atoms with Crippen LogP contribution in [0.2, 0.25) is 0 Å².